The molecule has 1 N–H and O–H groups in total. The van der Waals surface area contributed by atoms with Crippen LogP contribution in [0.1, 0.15) is 24.8 Å². The summed E-state index contributed by atoms with van der Waals surface area (Å²) in [6.07, 6.45) is -2.08. The number of alkyl halides is 3. The third-order valence-electron chi connectivity index (χ3n) is 3.29. The monoisotopic (exact) mass is 246 g/mol. The van der Waals surface area contributed by atoms with Gasteiger partial charge in [0.05, 0.1) is 6.61 Å². The van der Waals surface area contributed by atoms with Crippen LogP contribution in [0.15, 0.2) is 24.3 Å². The largest absolute Gasteiger partial charge is 0.573 e. The van der Waals surface area contributed by atoms with E-state index >= 15 is 0 Å². The van der Waals surface area contributed by atoms with Gasteiger partial charge in [-0.2, -0.15) is 0 Å². The van der Waals surface area contributed by atoms with Crippen LogP contribution < -0.4 is 4.74 Å². The van der Waals surface area contributed by atoms with E-state index in [-0.39, 0.29) is 17.8 Å². The molecule has 1 aromatic carbocycles. The molecule has 0 heterocycles. The summed E-state index contributed by atoms with van der Waals surface area (Å²) in [6, 6.07) is 5.88. The first-order chi connectivity index (χ1) is 7.95. The highest BCUT2D eigenvalue weighted by atomic mass is 19.4. The molecule has 0 aliphatic heterocycles. The standard InChI is InChI=1S/C12H13F3O2/c13-12(14,15)17-10-4-1-3-9(7-10)11(8-16)5-2-6-11/h1,3-4,7,16H,2,5-6,8H2. The van der Waals surface area contributed by atoms with Crippen LogP contribution >= 0.6 is 0 Å². The fourth-order valence-corrected chi connectivity index (χ4v) is 2.16. The van der Waals surface area contributed by atoms with Crippen molar-refractivity contribution in [3.63, 3.8) is 0 Å². The maximum Gasteiger partial charge on any atom is 0.573 e. The summed E-state index contributed by atoms with van der Waals surface area (Å²) in [7, 11) is 0. The average Bonchev–Trinajstić information content (AvgIpc) is 2.14. The van der Waals surface area contributed by atoms with Gasteiger partial charge < -0.3 is 9.84 Å². The van der Waals surface area contributed by atoms with Gasteiger partial charge in [-0.1, -0.05) is 18.6 Å². The molecule has 0 spiro atoms. The second kappa shape index (κ2) is 4.22. The van der Waals surface area contributed by atoms with Gasteiger partial charge in [-0.3, -0.25) is 0 Å². The number of hydrogen-bond acceptors (Lipinski definition) is 2. The van der Waals surface area contributed by atoms with Gasteiger partial charge in [0.1, 0.15) is 5.75 Å². The summed E-state index contributed by atoms with van der Waals surface area (Å²) in [4.78, 5) is 0. The minimum absolute atomic E-state index is 0.0392. The maximum absolute atomic E-state index is 12.1. The molecule has 94 valence electrons. The van der Waals surface area contributed by atoms with Gasteiger partial charge in [0.25, 0.3) is 0 Å². The van der Waals surface area contributed by atoms with Gasteiger partial charge in [-0.05, 0) is 30.5 Å². The number of aliphatic hydroxyl groups is 1. The second-order valence-electron chi connectivity index (χ2n) is 4.37. The third kappa shape index (κ3) is 2.54. The van der Waals surface area contributed by atoms with Crippen LogP contribution in [0.5, 0.6) is 5.75 Å². The molecular weight excluding hydrogens is 233 g/mol. The van der Waals surface area contributed by atoms with Gasteiger partial charge in [0, 0.05) is 5.41 Å². The zero-order valence-electron chi connectivity index (χ0n) is 9.13. The Morgan fingerprint density at radius 3 is 2.47 bits per heavy atom. The Hall–Kier alpha value is -1.23. The van der Waals surface area contributed by atoms with E-state index in [2.05, 4.69) is 4.74 Å². The van der Waals surface area contributed by atoms with Crippen molar-refractivity contribution < 1.29 is 23.0 Å². The van der Waals surface area contributed by atoms with Crippen molar-refractivity contribution in [3.8, 4) is 5.75 Å². The molecule has 0 unspecified atom stereocenters. The number of aliphatic hydroxyl groups excluding tert-OH is 1. The molecule has 1 fully saturated rings. The number of halogens is 3. The lowest BCUT2D eigenvalue weighted by atomic mass is 9.65. The molecule has 17 heavy (non-hydrogen) atoms. The highest BCUT2D eigenvalue weighted by Gasteiger charge is 2.38. The van der Waals surface area contributed by atoms with Crippen molar-refractivity contribution in [1.82, 2.24) is 0 Å². The molecule has 0 bridgehead atoms. The summed E-state index contributed by atoms with van der Waals surface area (Å²) in [5.41, 5.74) is 0.346. The molecule has 0 atom stereocenters. The summed E-state index contributed by atoms with van der Waals surface area (Å²) in [6.45, 7) is -0.0392. The predicted molar refractivity (Wildman–Crippen MR) is 55.7 cm³/mol. The molecule has 0 amide bonds. The highest BCUT2D eigenvalue weighted by molar-refractivity contribution is 5.35. The van der Waals surface area contributed by atoms with Crippen LogP contribution in [0.2, 0.25) is 0 Å². The zero-order valence-corrected chi connectivity index (χ0v) is 9.13. The molecule has 0 aromatic heterocycles. The SMILES string of the molecule is OCC1(c2cccc(OC(F)(F)F)c2)CCC1. The normalized spacial score (nSPS) is 18.6. The molecular formula is C12H13F3O2. The highest BCUT2D eigenvalue weighted by Crippen LogP contribution is 2.44. The van der Waals surface area contributed by atoms with Crippen LogP contribution in [0.25, 0.3) is 0 Å². The Morgan fingerprint density at radius 1 is 1.29 bits per heavy atom. The van der Waals surface area contributed by atoms with Crippen molar-refractivity contribution in [2.24, 2.45) is 0 Å². The van der Waals surface area contributed by atoms with E-state index in [4.69, 9.17) is 0 Å². The summed E-state index contributed by atoms with van der Waals surface area (Å²) >= 11 is 0. The Kier molecular flexibility index (Phi) is 3.03. The lowest BCUT2D eigenvalue weighted by molar-refractivity contribution is -0.274. The lowest BCUT2D eigenvalue weighted by Gasteiger charge is -2.41. The van der Waals surface area contributed by atoms with Crippen LogP contribution in [-0.4, -0.2) is 18.1 Å². The van der Waals surface area contributed by atoms with Crippen LogP contribution in [0.3, 0.4) is 0 Å². The number of benzene rings is 1. The fraction of sp³-hybridized carbons (Fsp3) is 0.500. The minimum atomic E-state index is -4.68. The molecule has 2 nitrogen and oxygen atoms in total. The number of ether oxygens (including phenoxy) is 1. The number of rotatable bonds is 3. The molecule has 1 aliphatic carbocycles. The first-order valence-electron chi connectivity index (χ1n) is 5.42. The fourth-order valence-electron chi connectivity index (χ4n) is 2.16. The average molecular weight is 246 g/mol. The second-order valence-corrected chi connectivity index (χ2v) is 4.37. The van der Waals surface area contributed by atoms with E-state index in [0.29, 0.717) is 5.56 Å². The Balaban J connectivity index is 2.22. The van der Waals surface area contributed by atoms with E-state index in [0.717, 1.165) is 19.3 Å². The zero-order chi connectivity index (χ0) is 12.5. The van der Waals surface area contributed by atoms with E-state index in [1.807, 2.05) is 0 Å². The lowest BCUT2D eigenvalue weighted by Crippen LogP contribution is -2.37. The van der Waals surface area contributed by atoms with Crippen molar-refractivity contribution in [2.45, 2.75) is 31.0 Å². The summed E-state index contributed by atoms with van der Waals surface area (Å²) < 4.78 is 40.1. The number of hydrogen-bond donors (Lipinski definition) is 1. The van der Waals surface area contributed by atoms with Crippen molar-refractivity contribution in [1.29, 1.82) is 0 Å². The molecule has 5 heteroatoms. The maximum atomic E-state index is 12.1. The molecule has 2 rings (SSSR count). The van der Waals surface area contributed by atoms with Crippen molar-refractivity contribution in [2.75, 3.05) is 6.61 Å². The smallest absolute Gasteiger partial charge is 0.406 e. The Bertz CT molecular complexity index is 391. The molecule has 1 aromatic rings. The first kappa shape index (κ1) is 12.2. The molecule has 0 radical (unpaired) electrons. The van der Waals surface area contributed by atoms with Crippen LogP contribution in [0.4, 0.5) is 13.2 Å². The summed E-state index contributed by atoms with van der Waals surface area (Å²) in [5.74, 6) is -0.227. The topological polar surface area (TPSA) is 29.5 Å². The predicted octanol–water partition coefficient (Wildman–Crippen LogP) is 3.00. The van der Waals surface area contributed by atoms with E-state index in [1.165, 1.54) is 18.2 Å². The van der Waals surface area contributed by atoms with Gasteiger partial charge in [0.2, 0.25) is 0 Å². The van der Waals surface area contributed by atoms with Crippen LogP contribution in [0, 0.1) is 0 Å². The van der Waals surface area contributed by atoms with Gasteiger partial charge >= 0.3 is 6.36 Å². The van der Waals surface area contributed by atoms with Gasteiger partial charge in [-0.25, -0.2) is 0 Å². The third-order valence-corrected chi connectivity index (χ3v) is 3.29. The van der Waals surface area contributed by atoms with E-state index < -0.39 is 6.36 Å². The Labute approximate surface area is 97.0 Å². The van der Waals surface area contributed by atoms with Crippen molar-refractivity contribution >= 4 is 0 Å². The van der Waals surface area contributed by atoms with Gasteiger partial charge in [-0.15, -0.1) is 13.2 Å². The summed E-state index contributed by atoms with van der Waals surface area (Å²) in [5, 5.41) is 9.35. The molecule has 0 saturated heterocycles. The van der Waals surface area contributed by atoms with E-state index in [9.17, 15) is 18.3 Å². The van der Waals surface area contributed by atoms with Gasteiger partial charge in [0.15, 0.2) is 0 Å². The first-order valence-corrected chi connectivity index (χ1v) is 5.42. The Morgan fingerprint density at radius 2 is 2.00 bits per heavy atom. The molecule has 1 saturated carbocycles. The van der Waals surface area contributed by atoms with Crippen molar-refractivity contribution in [3.05, 3.63) is 29.8 Å². The quantitative estimate of drug-likeness (QED) is 0.888. The minimum Gasteiger partial charge on any atom is -0.406 e. The van der Waals surface area contributed by atoms with E-state index in [1.54, 1.807) is 6.07 Å². The van der Waals surface area contributed by atoms with Crippen LogP contribution in [-0.2, 0) is 5.41 Å². The molecule has 1 aliphatic rings.